The summed E-state index contributed by atoms with van der Waals surface area (Å²) >= 11 is 0. The number of benzene rings is 3. The van der Waals surface area contributed by atoms with Crippen molar-refractivity contribution in [3.63, 3.8) is 0 Å². The Morgan fingerprint density at radius 3 is 2.32 bits per heavy atom. The lowest BCUT2D eigenvalue weighted by Crippen LogP contribution is -2.51. The van der Waals surface area contributed by atoms with E-state index in [0.717, 1.165) is 26.8 Å². The molecule has 6 nitrogen and oxygen atoms in total. The summed E-state index contributed by atoms with van der Waals surface area (Å²) in [5.74, 6) is -0.430. The van der Waals surface area contributed by atoms with Crippen LogP contribution in [0.3, 0.4) is 0 Å². The van der Waals surface area contributed by atoms with Crippen molar-refractivity contribution in [1.29, 1.82) is 5.26 Å². The average molecular weight is 415 g/mol. The van der Waals surface area contributed by atoms with Crippen LogP contribution < -0.4 is 10.6 Å². The Balaban J connectivity index is 1.77. The van der Waals surface area contributed by atoms with Crippen LogP contribution in [0, 0.1) is 11.5 Å². The number of likely N-dealkylation sites (N-methyl/N-ethyl adjacent to an activating group) is 1. The molecule has 0 fully saturated rings. The molecule has 0 spiro atoms. The molecule has 1 unspecified atom stereocenters. The fraction of sp³-hybridized carbons (Fsp3) is 0.240. The highest BCUT2D eigenvalue weighted by Crippen LogP contribution is 2.17. The van der Waals surface area contributed by atoms with Gasteiger partial charge in [-0.2, -0.15) is 5.26 Å². The van der Waals surface area contributed by atoms with Crippen molar-refractivity contribution in [2.24, 2.45) is 0 Å². The minimum atomic E-state index is -0.858. The number of nitrogens with one attached hydrogen (secondary N) is 2. The summed E-state index contributed by atoms with van der Waals surface area (Å²) in [4.78, 5) is 26.7. The molecule has 158 valence electrons. The largest absolute Gasteiger partial charge is 0.332 e. The summed E-state index contributed by atoms with van der Waals surface area (Å²) in [6.07, 6.45) is 2.19. The van der Waals surface area contributed by atoms with Gasteiger partial charge in [-0.15, -0.1) is 0 Å². The van der Waals surface area contributed by atoms with Crippen LogP contribution in [0.25, 0.3) is 10.8 Å². The lowest BCUT2D eigenvalue weighted by molar-refractivity contribution is -0.129. The Bertz CT molecular complexity index is 1090. The van der Waals surface area contributed by atoms with E-state index in [1.807, 2.05) is 85.9 Å². The molecule has 0 saturated heterocycles. The molecule has 31 heavy (non-hydrogen) atoms. The lowest BCUT2D eigenvalue weighted by atomic mass is 10.0. The molecule has 3 aromatic carbocycles. The number of amides is 3. The van der Waals surface area contributed by atoms with Gasteiger partial charge in [0.15, 0.2) is 6.19 Å². The number of rotatable bonds is 7. The first-order valence-corrected chi connectivity index (χ1v) is 10.3. The highest BCUT2D eigenvalue weighted by Gasteiger charge is 2.26. The molecular weight excluding hydrogens is 388 g/mol. The van der Waals surface area contributed by atoms with Crippen LogP contribution in [-0.2, 0) is 11.2 Å². The molecule has 0 saturated carbocycles. The van der Waals surface area contributed by atoms with Gasteiger partial charge in [-0.25, -0.2) is 9.69 Å². The van der Waals surface area contributed by atoms with Gasteiger partial charge in [0, 0.05) is 13.0 Å². The number of hydrogen-bond acceptors (Lipinski definition) is 3. The van der Waals surface area contributed by atoms with Gasteiger partial charge < -0.3 is 10.6 Å². The van der Waals surface area contributed by atoms with E-state index in [9.17, 15) is 14.9 Å². The maximum absolute atomic E-state index is 12.9. The minimum absolute atomic E-state index is 0.226. The molecule has 3 rings (SSSR count). The number of fused-ring (bicyclic) bond motifs is 1. The third-order valence-corrected chi connectivity index (χ3v) is 5.21. The van der Waals surface area contributed by atoms with Crippen LogP contribution >= 0.6 is 0 Å². The van der Waals surface area contributed by atoms with Crippen LogP contribution in [0.15, 0.2) is 72.8 Å². The molecule has 0 aliphatic rings. The van der Waals surface area contributed by atoms with Gasteiger partial charge in [-0.05, 0) is 35.7 Å². The zero-order chi connectivity index (χ0) is 22.2. The second kappa shape index (κ2) is 10.3. The quantitative estimate of drug-likeness (QED) is 0.450. The predicted octanol–water partition coefficient (Wildman–Crippen LogP) is 4.14. The summed E-state index contributed by atoms with van der Waals surface area (Å²) in [5.41, 5.74) is 1.87. The summed E-state index contributed by atoms with van der Waals surface area (Å²) in [5, 5.41) is 17.1. The second-order valence-corrected chi connectivity index (χ2v) is 7.37. The number of carbonyl (C=O) groups is 2. The Kier molecular flexibility index (Phi) is 7.23. The molecule has 6 heteroatoms. The first-order valence-electron chi connectivity index (χ1n) is 10.3. The highest BCUT2D eigenvalue weighted by atomic mass is 16.2. The predicted molar refractivity (Wildman–Crippen MR) is 121 cm³/mol. The van der Waals surface area contributed by atoms with Crippen LogP contribution in [-0.4, -0.2) is 29.4 Å². The Morgan fingerprint density at radius 1 is 0.968 bits per heavy atom. The van der Waals surface area contributed by atoms with E-state index in [-0.39, 0.29) is 19.0 Å². The number of carbonyl (C=O) groups excluding carboxylic acids is 2. The summed E-state index contributed by atoms with van der Waals surface area (Å²) in [6.45, 7) is 3.85. The van der Waals surface area contributed by atoms with Gasteiger partial charge in [-0.3, -0.25) is 4.79 Å². The fourth-order valence-corrected chi connectivity index (χ4v) is 3.49. The topological polar surface area (TPSA) is 85.2 Å². The second-order valence-electron chi connectivity index (χ2n) is 7.37. The molecule has 3 aromatic rings. The van der Waals surface area contributed by atoms with E-state index in [4.69, 9.17) is 0 Å². The first kappa shape index (κ1) is 21.8. The van der Waals surface area contributed by atoms with Crippen LogP contribution in [0.4, 0.5) is 4.79 Å². The molecule has 0 aromatic heterocycles. The van der Waals surface area contributed by atoms with Crippen molar-refractivity contribution in [2.45, 2.75) is 32.4 Å². The number of hydrogen-bond donors (Lipinski definition) is 2. The third-order valence-electron chi connectivity index (χ3n) is 5.21. The average Bonchev–Trinajstić information content (AvgIpc) is 2.79. The van der Waals surface area contributed by atoms with Gasteiger partial charge >= 0.3 is 6.03 Å². The van der Waals surface area contributed by atoms with Crippen molar-refractivity contribution in [1.82, 2.24) is 15.5 Å². The summed E-state index contributed by atoms with van der Waals surface area (Å²) < 4.78 is 0. The molecule has 0 aliphatic carbocycles. The standard InChI is InChI=1S/C25H26N4O2/c1-3-29(17-26)24(30)23(16-19-13-14-21-11-7-8-12-22(21)15-19)28-25(31)27-18(2)20-9-5-4-6-10-20/h4-15,18,23H,3,16H2,1-2H3,(H2,27,28,31)/t18-,23?/m0/s1. The molecule has 2 atom stereocenters. The zero-order valence-electron chi connectivity index (χ0n) is 17.7. The van der Waals surface area contributed by atoms with Crippen LogP contribution in [0.5, 0.6) is 0 Å². The van der Waals surface area contributed by atoms with Gasteiger partial charge in [-0.1, -0.05) is 72.8 Å². The molecule has 3 amide bonds. The number of nitrogens with zero attached hydrogens (tertiary/aromatic N) is 2. The van der Waals surface area contributed by atoms with E-state index >= 15 is 0 Å². The fourth-order valence-electron chi connectivity index (χ4n) is 3.49. The van der Waals surface area contributed by atoms with Gasteiger partial charge in [0.1, 0.15) is 6.04 Å². The monoisotopic (exact) mass is 414 g/mol. The van der Waals surface area contributed by atoms with E-state index in [2.05, 4.69) is 10.6 Å². The Morgan fingerprint density at radius 2 is 1.65 bits per heavy atom. The van der Waals surface area contributed by atoms with Crippen LogP contribution in [0.1, 0.15) is 31.0 Å². The first-order chi connectivity index (χ1) is 15.0. The van der Waals surface area contributed by atoms with Crippen molar-refractivity contribution in [2.75, 3.05) is 6.54 Å². The number of urea groups is 1. The maximum atomic E-state index is 12.9. The molecule has 2 N–H and O–H groups in total. The highest BCUT2D eigenvalue weighted by molar-refractivity contribution is 5.89. The molecular formula is C25H26N4O2. The summed E-state index contributed by atoms with van der Waals surface area (Å²) in [7, 11) is 0. The molecule has 0 bridgehead atoms. The smallest absolute Gasteiger partial charge is 0.315 e. The van der Waals surface area contributed by atoms with Crippen molar-refractivity contribution < 1.29 is 9.59 Å². The van der Waals surface area contributed by atoms with E-state index in [1.165, 1.54) is 0 Å². The zero-order valence-corrected chi connectivity index (χ0v) is 17.7. The van der Waals surface area contributed by atoms with Gasteiger partial charge in [0.25, 0.3) is 5.91 Å². The van der Waals surface area contributed by atoms with Crippen LogP contribution in [0.2, 0.25) is 0 Å². The van der Waals surface area contributed by atoms with E-state index in [1.54, 1.807) is 6.92 Å². The maximum Gasteiger partial charge on any atom is 0.315 e. The minimum Gasteiger partial charge on any atom is -0.332 e. The molecule has 0 aliphatic heterocycles. The third kappa shape index (κ3) is 5.61. The van der Waals surface area contributed by atoms with Gasteiger partial charge in [0.2, 0.25) is 0 Å². The Hall–Kier alpha value is -3.85. The molecule has 0 radical (unpaired) electrons. The SMILES string of the molecule is CCN(C#N)C(=O)C(Cc1ccc2ccccc2c1)NC(=O)N[C@@H](C)c1ccccc1. The lowest BCUT2D eigenvalue weighted by Gasteiger charge is -2.23. The van der Waals surface area contributed by atoms with E-state index in [0.29, 0.717) is 0 Å². The van der Waals surface area contributed by atoms with Crippen molar-refractivity contribution >= 4 is 22.7 Å². The van der Waals surface area contributed by atoms with E-state index < -0.39 is 18.0 Å². The van der Waals surface area contributed by atoms with Gasteiger partial charge in [0.05, 0.1) is 6.04 Å². The number of nitriles is 1. The molecule has 0 heterocycles. The normalized spacial score (nSPS) is 12.4. The Labute approximate surface area is 182 Å². The van der Waals surface area contributed by atoms with Crippen molar-refractivity contribution in [3.05, 3.63) is 83.9 Å². The van der Waals surface area contributed by atoms with Crippen molar-refractivity contribution in [3.8, 4) is 6.19 Å². The summed E-state index contributed by atoms with van der Waals surface area (Å²) in [6, 6.07) is 21.9.